The Labute approximate surface area is 105 Å². The molecule has 0 bridgehead atoms. The van der Waals surface area contributed by atoms with E-state index >= 15 is 0 Å². The van der Waals surface area contributed by atoms with Gasteiger partial charge in [-0.3, -0.25) is 14.5 Å². The van der Waals surface area contributed by atoms with Crippen LogP contribution in [0.15, 0.2) is 24.3 Å². The minimum Gasteiger partial charge on any atom is -0.300 e. The third-order valence-corrected chi connectivity index (χ3v) is 2.84. The molecule has 100 valence electrons. The molecule has 7 heteroatoms. The number of aldehydes is 1. The third-order valence-electron chi connectivity index (χ3n) is 2.84. The van der Waals surface area contributed by atoms with Gasteiger partial charge in [0.05, 0.1) is 11.1 Å². The molecule has 2 unspecified atom stereocenters. The van der Waals surface area contributed by atoms with Crippen LogP contribution in [0, 0.1) is 0 Å². The van der Waals surface area contributed by atoms with E-state index in [1.54, 1.807) is 0 Å². The molecule has 1 aromatic carbocycles. The fourth-order valence-corrected chi connectivity index (χ4v) is 1.95. The van der Waals surface area contributed by atoms with Crippen molar-refractivity contribution < 1.29 is 27.6 Å². The zero-order valence-electron chi connectivity index (χ0n) is 9.42. The highest BCUT2D eigenvalue weighted by Gasteiger charge is 2.47. The first-order chi connectivity index (χ1) is 8.99. The predicted molar refractivity (Wildman–Crippen MR) is 57.7 cm³/mol. The quantitative estimate of drug-likeness (QED) is 0.615. The van der Waals surface area contributed by atoms with Crippen LogP contribution in [0.1, 0.15) is 20.7 Å². The van der Waals surface area contributed by atoms with Crippen LogP contribution in [0.25, 0.3) is 0 Å². The van der Waals surface area contributed by atoms with Crippen molar-refractivity contribution in [1.29, 1.82) is 0 Å². The van der Waals surface area contributed by atoms with E-state index in [-0.39, 0.29) is 22.3 Å². The lowest BCUT2D eigenvalue weighted by Gasteiger charge is -2.25. The third kappa shape index (κ3) is 2.00. The van der Waals surface area contributed by atoms with Gasteiger partial charge in [-0.05, 0) is 12.1 Å². The van der Waals surface area contributed by atoms with Gasteiger partial charge in [0, 0.05) is 0 Å². The van der Waals surface area contributed by atoms with Gasteiger partial charge in [0.15, 0.2) is 12.5 Å². The fourth-order valence-electron chi connectivity index (χ4n) is 1.95. The van der Waals surface area contributed by atoms with E-state index in [4.69, 9.17) is 0 Å². The number of carbonyl (C=O) groups is 3. The predicted octanol–water partition coefficient (Wildman–Crippen LogP) is 1.45. The van der Waals surface area contributed by atoms with E-state index < -0.39 is 30.5 Å². The number of hydrogen-bond acceptors (Lipinski definition) is 3. The van der Waals surface area contributed by atoms with Gasteiger partial charge in [-0.15, -0.1) is 0 Å². The van der Waals surface area contributed by atoms with Crippen LogP contribution in [0.2, 0.25) is 0 Å². The Bertz CT molecular complexity index is 512. The van der Waals surface area contributed by atoms with E-state index in [1.807, 2.05) is 0 Å². The van der Waals surface area contributed by atoms with E-state index in [0.717, 1.165) is 0 Å². The van der Waals surface area contributed by atoms with Crippen molar-refractivity contribution in [2.45, 2.75) is 18.6 Å². The van der Waals surface area contributed by atoms with Gasteiger partial charge in [-0.25, -0.2) is 13.2 Å². The largest absolute Gasteiger partial charge is 0.300 e. The first-order valence-corrected chi connectivity index (χ1v) is 5.33. The van der Waals surface area contributed by atoms with Crippen LogP contribution >= 0.6 is 0 Å². The van der Waals surface area contributed by atoms with Crippen LogP contribution in [0.3, 0.4) is 0 Å². The summed E-state index contributed by atoms with van der Waals surface area (Å²) in [5.74, 6) is -2.04. The second-order valence-corrected chi connectivity index (χ2v) is 3.93. The highest BCUT2D eigenvalue weighted by molar-refractivity contribution is 6.21. The Kier molecular flexibility index (Phi) is 3.37. The lowest BCUT2D eigenvalue weighted by molar-refractivity contribution is -0.116. The van der Waals surface area contributed by atoms with Gasteiger partial charge in [0.25, 0.3) is 18.2 Å². The van der Waals surface area contributed by atoms with Gasteiger partial charge in [0.1, 0.15) is 6.04 Å². The van der Waals surface area contributed by atoms with E-state index in [1.165, 1.54) is 24.3 Å². The number of nitrogens with zero attached hydrogens (tertiary/aromatic N) is 1. The topological polar surface area (TPSA) is 54.5 Å². The molecule has 1 heterocycles. The van der Waals surface area contributed by atoms with Gasteiger partial charge < -0.3 is 4.79 Å². The van der Waals surface area contributed by atoms with Crippen LogP contribution in [-0.4, -0.2) is 41.6 Å². The van der Waals surface area contributed by atoms with Crippen molar-refractivity contribution in [3.63, 3.8) is 0 Å². The molecule has 1 aliphatic heterocycles. The smallest absolute Gasteiger partial charge is 0.262 e. The van der Waals surface area contributed by atoms with Crippen molar-refractivity contribution in [3.05, 3.63) is 35.4 Å². The Hall–Kier alpha value is -2.18. The Morgan fingerprint density at radius 1 is 1.00 bits per heavy atom. The van der Waals surface area contributed by atoms with Crippen molar-refractivity contribution in [1.82, 2.24) is 4.90 Å². The zero-order chi connectivity index (χ0) is 14.2. The molecule has 2 atom stereocenters. The number of imide groups is 1. The minimum atomic E-state index is -3.34. The number of rotatable bonds is 4. The molecule has 19 heavy (non-hydrogen) atoms. The van der Waals surface area contributed by atoms with Crippen LogP contribution < -0.4 is 0 Å². The van der Waals surface area contributed by atoms with Crippen molar-refractivity contribution in [3.8, 4) is 0 Å². The number of fused-ring (bicyclic) bond motifs is 1. The normalized spacial score (nSPS) is 17.6. The second kappa shape index (κ2) is 4.83. The molecule has 0 fully saturated rings. The maximum atomic E-state index is 13.3. The van der Waals surface area contributed by atoms with E-state index in [9.17, 15) is 27.6 Å². The first kappa shape index (κ1) is 13.3. The van der Waals surface area contributed by atoms with Gasteiger partial charge in [-0.2, -0.15) is 0 Å². The number of alkyl halides is 3. The summed E-state index contributed by atoms with van der Waals surface area (Å²) in [6.07, 6.45) is -6.31. The van der Waals surface area contributed by atoms with Gasteiger partial charge >= 0.3 is 0 Å². The fraction of sp³-hybridized carbons (Fsp3) is 0.250. The molecule has 0 radical (unpaired) electrons. The van der Waals surface area contributed by atoms with Crippen molar-refractivity contribution in [2.24, 2.45) is 0 Å². The summed E-state index contributed by atoms with van der Waals surface area (Å²) in [7, 11) is 0. The molecule has 1 aromatic rings. The molecule has 0 saturated heterocycles. The number of halogens is 3. The number of benzene rings is 1. The molecule has 0 N–H and O–H groups in total. The molecule has 0 aliphatic carbocycles. The monoisotopic (exact) mass is 271 g/mol. The molecule has 2 amide bonds. The molecule has 0 saturated carbocycles. The Morgan fingerprint density at radius 2 is 1.47 bits per heavy atom. The summed E-state index contributed by atoms with van der Waals surface area (Å²) >= 11 is 0. The van der Waals surface area contributed by atoms with Crippen LogP contribution in [-0.2, 0) is 4.79 Å². The summed E-state index contributed by atoms with van der Waals surface area (Å²) < 4.78 is 38.9. The average molecular weight is 271 g/mol. The van der Waals surface area contributed by atoms with Gasteiger partial charge in [-0.1, -0.05) is 12.1 Å². The highest BCUT2D eigenvalue weighted by Crippen LogP contribution is 2.28. The first-order valence-electron chi connectivity index (χ1n) is 5.33. The summed E-state index contributed by atoms with van der Waals surface area (Å²) in [4.78, 5) is 34.2. The SMILES string of the molecule is O=CC(F)C(C(F)F)N1C(=O)c2ccccc2C1=O. The zero-order valence-corrected chi connectivity index (χ0v) is 9.42. The molecule has 0 spiro atoms. The molecular formula is C12H8F3NO3. The molecule has 0 aromatic heterocycles. The highest BCUT2D eigenvalue weighted by atomic mass is 19.3. The average Bonchev–Trinajstić information content (AvgIpc) is 2.64. The number of amides is 2. The summed E-state index contributed by atoms with van der Waals surface area (Å²) in [6, 6.07) is 3.08. The summed E-state index contributed by atoms with van der Waals surface area (Å²) in [5, 5.41) is 0. The number of carbonyl (C=O) groups excluding carboxylic acids is 3. The van der Waals surface area contributed by atoms with Crippen molar-refractivity contribution >= 4 is 18.1 Å². The van der Waals surface area contributed by atoms with E-state index in [2.05, 4.69) is 0 Å². The maximum Gasteiger partial charge on any atom is 0.262 e. The van der Waals surface area contributed by atoms with Crippen molar-refractivity contribution in [2.75, 3.05) is 0 Å². The molecule has 4 nitrogen and oxygen atoms in total. The van der Waals surface area contributed by atoms with Crippen LogP contribution in [0.5, 0.6) is 0 Å². The molecule has 1 aliphatic rings. The standard InChI is InChI=1S/C12H8F3NO3/c13-8(5-17)9(10(14)15)16-11(18)6-3-1-2-4-7(6)12(16)19/h1-5,8-10H. The lowest BCUT2D eigenvalue weighted by atomic mass is 10.1. The van der Waals surface area contributed by atoms with E-state index in [0.29, 0.717) is 0 Å². The Balaban J connectivity index is 2.45. The second-order valence-electron chi connectivity index (χ2n) is 3.93. The van der Waals surface area contributed by atoms with Gasteiger partial charge in [0.2, 0.25) is 0 Å². The maximum absolute atomic E-state index is 13.3. The Morgan fingerprint density at radius 3 is 1.84 bits per heavy atom. The molecule has 2 rings (SSSR count). The summed E-state index contributed by atoms with van der Waals surface area (Å²) in [6.45, 7) is 0. The lowest BCUT2D eigenvalue weighted by Crippen LogP contribution is -2.50. The number of hydrogen-bond donors (Lipinski definition) is 0. The minimum absolute atomic E-state index is 0.0729. The van der Waals surface area contributed by atoms with Crippen LogP contribution in [0.4, 0.5) is 13.2 Å². The summed E-state index contributed by atoms with van der Waals surface area (Å²) in [5.41, 5.74) is -0.146. The molecular weight excluding hydrogens is 263 g/mol.